The first-order valence-corrected chi connectivity index (χ1v) is 19.0. The maximum absolute atomic E-state index is 5.43. The van der Waals surface area contributed by atoms with E-state index in [1.807, 2.05) is 12.2 Å². The Hall–Kier alpha value is -6.97. The summed E-state index contributed by atoms with van der Waals surface area (Å²) in [5.74, 6) is 0. The molecule has 0 aliphatic heterocycles. The molecule has 3 heteroatoms. The molecule has 0 N–H and O–H groups in total. The zero-order valence-corrected chi connectivity index (χ0v) is 30.8. The SMILES string of the molecule is C=CC1=C(C=C)C(C)(C)c2cc3c(cc21)c1ccccc1n3-c1cc(-c2nc3ccccc3c3ccccc23)cc(-n2c3ccccc3c3ccccc32)c1. The van der Waals surface area contributed by atoms with Gasteiger partial charge in [-0.2, -0.15) is 0 Å². The fraction of sp³-hybridized carbons (Fsp3) is 0.0577. The Bertz CT molecular complexity index is 3270. The van der Waals surface area contributed by atoms with Crippen LogP contribution in [-0.4, -0.2) is 14.1 Å². The van der Waals surface area contributed by atoms with E-state index in [4.69, 9.17) is 4.98 Å². The lowest BCUT2D eigenvalue weighted by Crippen LogP contribution is -2.16. The van der Waals surface area contributed by atoms with Crippen LogP contribution >= 0.6 is 0 Å². The summed E-state index contributed by atoms with van der Waals surface area (Å²) in [6.07, 6.45) is 4.01. The molecule has 11 rings (SSSR count). The van der Waals surface area contributed by atoms with Crippen LogP contribution in [0, 0.1) is 0 Å². The lowest BCUT2D eigenvalue weighted by Gasteiger charge is -2.23. The monoisotopic (exact) mass is 703 g/mol. The Morgan fingerprint density at radius 1 is 0.491 bits per heavy atom. The lowest BCUT2D eigenvalue weighted by molar-refractivity contribution is 0.655. The molecular formula is C52H37N3. The molecule has 0 amide bonds. The number of para-hydroxylation sites is 4. The smallest absolute Gasteiger partial charge is 0.0789 e. The second kappa shape index (κ2) is 11.5. The molecule has 0 atom stereocenters. The van der Waals surface area contributed by atoms with Crippen LogP contribution in [0.1, 0.15) is 25.0 Å². The van der Waals surface area contributed by atoms with Gasteiger partial charge < -0.3 is 9.13 Å². The maximum Gasteiger partial charge on any atom is 0.0789 e. The first-order chi connectivity index (χ1) is 27.0. The zero-order chi connectivity index (χ0) is 37.0. The summed E-state index contributed by atoms with van der Waals surface area (Å²) < 4.78 is 4.89. The van der Waals surface area contributed by atoms with E-state index in [9.17, 15) is 0 Å². The molecule has 0 bridgehead atoms. The largest absolute Gasteiger partial charge is 0.309 e. The molecular weight excluding hydrogens is 667 g/mol. The molecule has 0 spiro atoms. The van der Waals surface area contributed by atoms with Crippen LogP contribution in [0.3, 0.4) is 0 Å². The summed E-state index contributed by atoms with van der Waals surface area (Å²) in [6, 6.07) is 55.3. The van der Waals surface area contributed by atoms with Gasteiger partial charge in [0.2, 0.25) is 0 Å². The summed E-state index contributed by atoms with van der Waals surface area (Å²) >= 11 is 0. The van der Waals surface area contributed by atoms with Gasteiger partial charge in [-0.25, -0.2) is 4.98 Å². The summed E-state index contributed by atoms with van der Waals surface area (Å²) in [6.45, 7) is 13.1. The van der Waals surface area contributed by atoms with Crippen LogP contribution in [-0.2, 0) is 5.41 Å². The van der Waals surface area contributed by atoms with Crippen molar-refractivity contribution in [1.29, 1.82) is 0 Å². The number of benzene rings is 7. The van der Waals surface area contributed by atoms with E-state index in [-0.39, 0.29) is 5.41 Å². The summed E-state index contributed by atoms with van der Waals surface area (Å²) in [5, 5.41) is 8.39. The fourth-order valence-corrected chi connectivity index (χ4v) is 9.56. The highest BCUT2D eigenvalue weighted by atomic mass is 15.0. The van der Waals surface area contributed by atoms with E-state index < -0.39 is 0 Å². The van der Waals surface area contributed by atoms with E-state index in [0.717, 1.165) is 44.4 Å². The minimum atomic E-state index is -0.222. The average molecular weight is 704 g/mol. The second-order valence-corrected chi connectivity index (χ2v) is 15.3. The van der Waals surface area contributed by atoms with Crippen molar-refractivity contribution >= 4 is 70.9 Å². The number of rotatable bonds is 5. The number of pyridine rings is 1. The summed E-state index contributed by atoms with van der Waals surface area (Å²) in [7, 11) is 0. The van der Waals surface area contributed by atoms with E-state index >= 15 is 0 Å². The number of aromatic nitrogens is 3. The Kier molecular flexibility index (Phi) is 6.60. The van der Waals surface area contributed by atoms with Crippen molar-refractivity contribution in [3.05, 3.63) is 194 Å². The third-order valence-corrected chi connectivity index (χ3v) is 12.0. The molecule has 0 saturated heterocycles. The highest BCUT2D eigenvalue weighted by Crippen LogP contribution is 2.50. The minimum absolute atomic E-state index is 0.222. The van der Waals surface area contributed by atoms with Gasteiger partial charge >= 0.3 is 0 Å². The lowest BCUT2D eigenvalue weighted by atomic mass is 9.81. The molecule has 10 aromatic rings. The number of hydrogen-bond donors (Lipinski definition) is 0. The van der Waals surface area contributed by atoms with Gasteiger partial charge in [0.1, 0.15) is 0 Å². The number of allylic oxidation sites excluding steroid dienone is 4. The summed E-state index contributed by atoms with van der Waals surface area (Å²) in [4.78, 5) is 5.43. The fourth-order valence-electron chi connectivity index (χ4n) is 9.56. The summed E-state index contributed by atoms with van der Waals surface area (Å²) in [5.41, 5.74) is 14.5. The zero-order valence-electron chi connectivity index (χ0n) is 30.8. The standard InChI is InChI=1S/C52H37N3/c1-5-35-42-30-43-40-21-12-16-26-49(40)55(50(43)31-45(42)52(3,4)44(35)6-2)34-28-32(51-41-22-8-7-17-36(41)37-18-9-13-23-46(37)53-51)27-33(29-34)54-47-24-14-10-19-38(47)39-20-11-15-25-48(39)54/h5-31H,1-2H2,3-4H3. The van der Waals surface area contributed by atoms with Crippen LogP contribution in [0.15, 0.2) is 183 Å². The number of fused-ring (bicyclic) bond motifs is 10. The molecule has 7 aromatic carbocycles. The van der Waals surface area contributed by atoms with Crippen LogP contribution in [0.25, 0.3) is 93.5 Å². The van der Waals surface area contributed by atoms with Crippen molar-refractivity contribution < 1.29 is 0 Å². The molecule has 55 heavy (non-hydrogen) atoms. The molecule has 1 aliphatic carbocycles. The molecule has 3 nitrogen and oxygen atoms in total. The van der Waals surface area contributed by atoms with Crippen LogP contribution in [0.4, 0.5) is 0 Å². The molecule has 260 valence electrons. The Morgan fingerprint density at radius 2 is 1.00 bits per heavy atom. The van der Waals surface area contributed by atoms with Crippen molar-refractivity contribution in [1.82, 2.24) is 14.1 Å². The van der Waals surface area contributed by atoms with Gasteiger partial charge in [0.15, 0.2) is 0 Å². The normalized spacial score (nSPS) is 13.9. The Labute approximate surface area is 319 Å². The van der Waals surface area contributed by atoms with E-state index in [2.05, 4.69) is 188 Å². The predicted molar refractivity (Wildman–Crippen MR) is 234 cm³/mol. The second-order valence-electron chi connectivity index (χ2n) is 15.3. The van der Waals surface area contributed by atoms with Crippen molar-refractivity contribution in [3.63, 3.8) is 0 Å². The van der Waals surface area contributed by atoms with Gasteiger partial charge in [-0.15, -0.1) is 0 Å². The molecule has 0 saturated carbocycles. The first-order valence-electron chi connectivity index (χ1n) is 19.0. The first kappa shape index (κ1) is 31.5. The molecule has 0 radical (unpaired) electrons. The van der Waals surface area contributed by atoms with Gasteiger partial charge in [-0.1, -0.05) is 136 Å². The van der Waals surface area contributed by atoms with Gasteiger partial charge in [-0.05, 0) is 82.3 Å². The molecule has 0 unspecified atom stereocenters. The third kappa shape index (κ3) is 4.35. The molecule has 0 fully saturated rings. The van der Waals surface area contributed by atoms with Crippen molar-refractivity contribution in [3.8, 4) is 22.6 Å². The highest BCUT2D eigenvalue weighted by Gasteiger charge is 2.36. The molecule has 3 aromatic heterocycles. The van der Waals surface area contributed by atoms with Crippen LogP contribution in [0.5, 0.6) is 0 Å². The quantitative estimate of drug-likeness (QED) is 0.164. The predicted octanol–water partition coefficient (Wildman–Crippen LogP) is 13.7. The van der Waals surface area contributed by atoms with Gasteiger partial charge in [0, 0.05) is 54.7 Å². The van der Waals surface area contributed by atoms with Crippen molar-refractivity contribution in [2.75, 3.05) is 0 Å². The van der Waals surface area contributed by atoms with Crippen molar-refractivity contribution in [2.24, 2.45) is 0 Å². The van der Waals surface area contributed by atoms with Crippen molar-refractivity contribution in [2.45, 2.75) is 19.3 Å². The molecule has 1 aliphatic rings. The maximum atomic E-state index is 5.43. The topological polar surface area (TPSA) is 22.8 Å². The Balaban J connectivity index is 1.29. The van der Waals surface area contributed by atoms with E-state index in [0.29, 0.717) is 0 Å². The van der Waals surface area contributed by atoms with Crippen LogP contribution in [0.2, 0.25) is 0 Å². The van der Waals surface area contributed by atoms with E-state index in [1.165, 1.54) is 65.8 Å². The minimum Gasteiger partial charge on any atom is -0.309 e. The van der Waals surface area contributed by atoms with Gasteiger partial charge in [0.05, 0.1) is 33.3 Å². The third-order valence-electron chi connectivity index (χ3n) is 12.0. The highest BCUT2D eigenvalue weighted by molar-refractivity contribution is 6.14. The van der Waals surface area contributed by atoms with Gasteiger partial charge in [0.25, 0.3) is 0 Å². The van der Waals surface area contributed by atoms with Crippen LogP contribution < -0.4 is 0 Å². The number of hydrogen-bond acceptors (Lipinski definition) is 1. The Morgan fingerprint density at radius 3 is 1.60 bits per heavy atom. The van der Waals surface area contributed by atoms with E-state index in [1.54, 1.807) is 0 Å². The number of nitrogens with zero attached hydrogens (tertiary/aromatic N) is 3. The average Bonchev–Trinajstić information content (AvgIpc) is 3.81. The van der Waals surface area contributed by atoms with Gasteiger partial charge in [-0.3, -0.25) is 0 Å². The molecule has 3 heterocycles.